The quantitative estimate of drug-likeness (QED) is 0.480. The predicted molar refractivity (Wildman–Crippen MR) is 64.3 cm³/mol. The van der Waals surface area contributed by atoms with E-state index in [0.717, 1.165) is 5.56 Å². The van der Waals surface area contributed by atoms with E-state index in [1.54, 1.807) is 23.7 Å². The summed E-state index contributed by atoms with van der Waals surface area (Å²) in [5, 5.41) is 21.4. The van der Waals surface area contributed by atoms with Gasteiger partial charge in [-0.25, -0.2) is 4.68 Å². The van der Waals surface area contributed by atoms with E-state index < -0.39 is 4.92 Å². The number of non-ortho nitro benzene ring substituents is 1. The maximum atomic E-state index is 10.5. The summed E-state index contributed by atoms with van der Waals surface area (Å²) in [5.74, 6) is 0.565. The minimum Gasteiger partial charge on any atom is -0.258 e. The lowest BCUT2D eigenvalue weighted by molar-refractivity contribution is -0.384. The van der Waals surface area contributed by atoms with Crippen molar-refractivity contribution in [2.45, 2.75) is 18.8 Å². The van der Waals surface area contributed by atoms with Crippen molar-refractivity contribution in [1.29, 1.82) is 0 Å². The third-order valence-corrected chi connectivity index (χ3v) is 2.59. The lowest BCUT2D eigenvalue weighted by Crippen LogP contribution is -2.07. The third kappa shape index (κ3) is 2.62. The first-order chi connectivity index (χ1) is 8.58. The van der Waals surface area contributed by atoms with E-state index in [2.05, 4.69) is 15.5 Å². The van der Waals surface area contributed by atoms with Crippen LogP contribution in [0.3, 0.4) is 0 Å². The van der Waals surface area contributed by atoms with E-state index in [4.69, 9.17) is 11.6 Å². The number of rotatable bonds is 4. The van der Waals surface area contributed by atoms with Gasteiger partial charge in [0.25, 0.3) is 5.69 Å². The minimum absolute atomic E-state index is 0.0569. The van der Waals surface area contributed by atoms with Gasteiger partial charge in [-0.2, -0.15) is 0 Å². The number of nitro benzene ring substituents is 1. The number of benzene rings is 1. The SMILES string of the molecule is CC(Cl)c1nnnn1Cc1ccc([N+](=O)[O-])cc1. The molecule has 94 valence electrons. The van der Waals surface area contributed by atoms with Gasteiger partial charge in [0.2, 0.25) is 0 Å². The molecule has 2 rings (SSSR count). The number of halogens is 1. The Bertz CT molecular complexity index is 552. The fraction of sp³-hybridized carbons (Fsp3) is 0.300. The van der Waals surface area contributed by atoms with Crippen molar-refractivity contribution in [1.82, 2.24) is 20.2 Å². The second kappa shape index (κ2) is 5.09. The van der Waals surface area contributed by atoms with Gasteiger partial charge in [0.05, 0.1) is 16.8 Å². The van der Waals surface area contributed by atoms with Crippen LogP contribution in [-0.2, 0) is 6.54 Å². The van der Waals surface area contributed by atoms with Crippen LogP contribution in [0, 0.1) is 10.1 Å². The Morgan fingerprint density at radius 1 is 1.44 bits per heavy atom. The Morgan fingerprint density at radius 2 is 2.11 bits per heavy atom. The van der Waals surface area contributed by atoms with Crippen LogP contribution in [0.2, 0.25) is 0 Å². The van der Waals surface area contributed by atoms with Crippen LogP contribution in [0.1, 0.15) is 23.7 Å². The van der Waals surface area contributed by atoms with Gasteiger partial charge >= 0.3 is 0 Å². The normalized spacial score (nSPS) is 12.3. The van der Waals surface area contributed by atoms with Crippen molar-refractivity contribution in [3.63, 3.8) is 0 Å². The van der Waals surface area contributed by atoms with E-state index in [0.29, 0.717) is 12.4 Å². The molecule has 2 aromatic rings. The Morgan fingerprint density at radius 3 is 2.67 bits per heavy atom. The average Bonchev–Trinajstić information content (AvgIpc) is 2.78. The lowest BCUT2D eigenvalue weighted by Gasteiger charge is -2.05. The average molecular weight is 268 g/mol. The molecule has 0 aliphatic heterocycles. The van der Waals surface area contributed by atoms with Gasteiger partial charge in [0.1, 0.15) is 0 Å². The van der Waals surface area contributed by atoms with Crippen molar-refractivity contribution in [3.8, 4) is 0 Å². The van der Waals surface area contributed by atoms with Crippen LogP contribution in [0.25, 0.3) is 0 Å². The Balaban J connectivity index is 2.18. The second-order valence-electron chi connectivity index (χ2n) is 3.73. The zero-order chi connectivity index (χ0) is 13.1. The monoisotopic (exact) mass is 267 g/mol. The molecule has 0 amide bonds. The molecule has 1 heterocycles. The predicted octanol–water partition coefficient (Wildman–Crippen LogP) is 1.93. The highest BCUT2D eigenvalue weighted by molar-refractivity contribution is 6.20. The zero-order valence-electron chi connectivity index (χ0n) is 9.52. The Kier molecular flexibility index (Phi) is 3.52. The highest BCUT2D eigenvalue weighted by atomic mass is 35.5. The Labute approximate surface area is 108 Å². The Hall–Kier alpha value is -2.02. The van der Waals surface area contributed by atoms with Crippen LogP contribution in [0.15, 0.2) is 24.3 Å². The largest absolute Gasteiger partial charge is 0.269 e. The molecule has 0 saturated heterocycles. The fourth-order valence-corrected chi connectivity index (χ4v) is 1.66. The molecule has 0 N–H and O–H groups in total. The molecule has 0 spiro atoms. The highest BCUT2D eigenvalue weighted by Crippen LogP contribution is 2.17. The molecular formula is C10H10ClN5O2. The van der Waals surface area contributed by atoms with Crippen molar-refractivity contribution in [3.05, 3.63) is 45.8 Å². The maximum absolute atomic E-state index is 10.5. The van der Waals surface area contributed by atoms with Gasteiger partial charge in [0.15, 0.2) is 5.82 Å². The lowest BCUT2D eigenvalue weighted by atomic mass is 10.2. The van der Waals surface area contributed by atoms with Gasteiger partial charge in [-0.05, 0) is 22.9 Å². The molecule has 18 heavy (non-hydrogen) atoms. The summed E-state index contributed by atoms with van der Waals surface area (Å²) in [5.41, 5.74) is 0.924. The zero-order valence-corrected chi connectivity index (χ0v) is 10.3. The highest BCUT2D eigenvalue weighted by Gasteiger charge is 2.12. The van der Waals surface area contributed by atoms with Crippen LogP contribution in [0.4, 0.5) is 5.69 Å². The van der Waals surface area contributed by atoms with Crippen LogP contribution < -0.4 is 0 Å². The van der Waals surface area contributed by atoms with Crippen LogP contribution in [-0.4, -0.2) is 25.1 Å². The van der Waals surface area contributed by atoms with Gasteiger partial charge in [0, 0.05) is 12.1 Å². The van der Waals surface area contributed by atoms with Crippen molar-refractivity contribution in [2.75, 3.05) is 0 Å². The van der Waals surface area contributed by atoms with E-state index >= 15 is 0 Å². The molecular weight excluding hydrogens is 258 g/mol. The van der Waals surface area contributed by atoms with E-state index in [-0.39, 0.29) is 11.1 Å². The maximum Gasteiger partial charge on any atom is 0.269 e. The van der Waals surface area contributed by atoms with Gasteiger partial charge in [-0.15, -0.1) is 16.7 Å². The standard InChI is InChI=1S/C10H10ClN5O2/c1-7(11)10-12-13-14-15(10)6-8-2-4-9(5-3-8)16(17)18/h2-5,7H,6H2,1H3. The number of alkyl halides is 1. The number of hydrogen-bond donors (Lipinski definition) is 0. The molecule has 1 unspecified atom stereocenters. The van der Waals surface area contributed by atoms with Crippen LogP contribution >= 0.6 is 11.6 Å². The number of aromatic nitrogens is 4. The summed E-state index contributed by atoms with van der Waals surface area (Å²) >= 11 is 5.93. The summed E-state index contributed by atoms with van der Waals surface area (Å²) in [6.45, 7) is 2.21. The summed E-state index contributed by atoms with van der Waals surface area (Å²) in [6.07, 6.45) is 0. The third-order valence-electron chi connectivity index (χ3n) is 2.39. The number of nitrogens with zero attached hydrogens (tertiary/aromatic N) is 5. The molecule has 0 fully saturated rings. The summed E-state index contributed by atoms with van der Waals surface area (Å²) in [6, 6.07) is 6.23. The topological polar surface area (TPSA) is 86.7 Å². The molecule has 8 heteroatoms. The fourth-order valence-electron chi connectivity index (χ4n) is 1.51. The van der Waals surface area contributed by atoms with Crippen molar-refractivity contribution in [2.24, 2.45) is 0 Å². The first-order valence-corrected chi connectivity index (χ1v) is 5.65. The number of nitro groups is 1. The van der Waals surface area contributed by atoms with Gasteiger partial charge < -0.3 is 0 Å². The summed E-state index contributed by atoms with van der Waals surface area (Å²) in [4.78, 5) is 10.1. The molecule has 1 aromatic carbocycles. The van der Waals surface area contributed by atoms with Crippen molar-refractivity contribution < 1.29 is 4.92 Å². The second-order valence-corrected chi connectivity index (χ2v) is 4.39. The van der Waals surface area contributed by atoms with E-state index in [9.17, 15) is 10.1 Å². The molecule has 1 aromatic heterocycles. The van der Waals surface area contributed by atoms with E-state index in [1.807, 2.05) is 0 Å². The first-order valence-electron chi connectivity index (χ1n) is 5.21. The molecule has 0 aliphatic carbocycles. The van der Waals surface area contributed by atoms with Crippen molar-refractivity contribution >= 4 is 17.3 Å². The molecule has 7 nitrogen and oxygen atoms in total. The molecule has 0 radical (unpaired) electrons. The first kappa shape index (κ1) is 12.4. The molecule has 0 aliphatic rings. The van der Waals surface area contributed by atoms with Crippen LogP contribution in [0.5, 0.6) is 0 Å². The van der Waals surface area contributed by atoms with Gasteiger partial charge in [-0.1, -0.05) is 12.1 Å². The number of hydrogen-bond acceptors (Lipinski definition) is 5. The summed E-state index contributed by atoms with van der Waals surface area (Å²) in [7, 11) is 0. The summed E-state index contributed by atoms with van der Waals surface area (Å²) < 4.78 is 1.57. The van der Waals surface area contributed by atoms with Gasteiger partial charge in [-0.3, -0.25) is 10.1 Å². The molecule has 0 saturated carbocycles. The molecule has 1 atom stereocenters. The smallest absolute Gasteiger partial charge is 0.258 e. The van der Waals surface area contributed by atoms with E-state index in [1.165, 1.54) is 12.1 Å². The number of tetrazole rings is 1. The minimum atomic E-state index is -0.437. The molecule has 0 bridgehead atoms.